The van der Waals surface area contributed by atoms with Gasteiger partial charge in [-0.25, -0.2) is 18.1 Å². The quantitative estimate of drug-likeness (QED) is 0.854. The smallest absolute Gasteiger partial charge is 0.241 e. The van der Waals surface area contributed by atoms with Gasteiger partial charge in [-0.2, -0.15) is 0 Å². The molecule has 1 heterocycles. The van der Waals surface area contributed by atoms with E-state index in [0.717, 1.165) is 16.3 Å². The summed E-state index contributed by atoms with van der Waals surface area (Å²) in [6.45, 7) is 4.32. The molecule has 0 fully saturated rings. The van der Waals surface area contributed by atoms with Crippen LogP contribution in [0.1, 0.15) is 29.2 Å². The molecule has 1 aromatic carbocycles. The molecule has 1 atom stereocenters. The Hall–Kier alpha value is -1.28. The van der Waals surface area contributed by atoms with Gasteiger partial charge < -0.3 is 5.32 Å². The predicted molar refractivity (Wildman–Crippen MR) is 84.8 cm³/mol. The van der Waals surface area contributed by atoms with Gasteiger partial charge in [0.05, 0.1) is 10.9 Å². The number of nitrogens with one attached hydrogen (secondary N) is 2. The van der Waals surface area contributed by atoms with E-state index in [2.05, 4.69) is 15.0 Å². The fraction of sp³-hybridized carbons (Fsp3) is 0.357. The molecule has 2 rings (SSSR count). The Kier molecular flexibility index (Phi) is 5.10. The first-order valence-corrected chi connectivity index (χ1v) is 8.96. The van der Waals surface area contributed by atoms with Crippen LogP contribution in [0.25, 0.3) is 0 Å². The minimum absolute atomic E-state index is 0.273. The van der Waals surface area contributed by atoms with Crippen molar-refractivity contribution < 1.29 is 8.42 Å². The maximum atomic E-state index is 12.4. The molecule has 1 unspecified atom stereocenters. The molecule has 0 saturated carbocycles. The Morgan fingerprint density at radius 2 is 2.14 bits per heavy atom. The summed E-state index contributed by atoms with van der Waals surface area (Å²) in [4.78, 5) is 4.59. The Labute approximate surface area is 129 Å². The third-order valence-electron chi connectivity index (χ3n) is 2.93. The molecular formula is C14H19N3O2S2. The van der Waals surface area contributed by atoms with E-state index in [1.54, 1.807) is 25.1 Å². The van der Waals surface area contributed by atoms with Crippen LogP contribution in [0.15, 0.2) is 34.5 Å². The lowest BCUT2D eigenvalue weighted by Crippen LogP contribution is -2.27. The summed E-state index contributed by atoms with van der Waals surface area (Å²) in [6, 6.07) is 6.57. The number of benzene rings is 1. The molecular weight excluding hydrogens is 306 g/mol. The van der Waals surface area contributed by atoms with Crippen molar-refractivity contribution in [3.05, 3.63) is 45.9 Å². The maximum absolute atomic E-state index is 12.4. The second kappa shape index (κ2) is 6.65. The minimum Gasteiger partial charge on any atom is -0.316 e. The average Bonchev–Trinajstić information content (AvgIpc) is 2.86. The van der Waals surface area contributed by atoms with Crippen LogP contribution >= 0.6 is 11.3 Å². The molecule has 7 heteroatoms. The highest BCUT2D eigenvalue weighted by atomic mass is 32.2. The number of thiazole rings is 1. The molecule has 0 saturated heterocycles. The molecule has 0 aliphatic rings. The van der Waals surface area contributed by atoms with E-state index in [4.69, 9.17) is 0 Å². The third kappa shape index (κ3) is 4.10. The second-order valence-electron chi connectivity index (χ2n) is 4.85. The first-order chi connectivity index (χ1) is 9.92. The van der Waals surface area contributed by atoms with Gasteiger partial charge in [-0.1, -0.05) is 12.1 Å². The first kappa shape index (κ1) is 16.1. The summed E-state index contributed by atoms with van der Waals surface area (Å²) in [7, 11) is -1.72. The third-order valence-corrected chi connectivity index (χ3v) is 5.61. The molecule has 0 bridgehead atoms. The number of rotatable bonds is 6. The zero-order chi connectivity index (χ0) is 15.5. The van der Waals surface area contributed by atoms with Crippen molar-refractivity contribution in [3.8, 4) is 0 Å². The summed E-state index contributed by atoms with van der Waals surface area (Å²) >= 11 is 1.46. The van der Waals surface area contributed by atoms with Gasteiger partial charge in [0.2, 0.25) is 10.0 Å². The molecule has 0 aliphatic heterocycles. The van der Waals surface area contributed by atoms with Gasteiger partial charge in [-0.15, -0.1) is 11.3 Å². The van der Waals surface area contributed by atoms with Crippen LogP contribution in [0.2, 0.25) is 0 Å². The molecule has 114 valence electrons. The van der Waals surface area contributed by atoms with Crippen LogP contribution in [0.3, 0.4) is 0 Å². The Balaban J connectivity index is 2.19. The number of hydrogen-bond donors (Lipinski definition) is 2. The van der Waals surface area contributed by atoms with Crippen molar-refractivity contribution in [1.29, 1.82) is 0 Å². The maximum Gasteiger partial charge on any atom is 0.241 e. The van der Waals surface area contributed by atoms with Crippen molar-refractivity contribution in [2.75, 3.05) is 7.05 Å². The van der Waals surface area contributed by atoms with Crippen LogP contribution in [0, 0.1) is 6.92 Å². The second-order valence-corrected chi connectivity index (χ2v) is 7.45. The van der Waals surface area contributed by atoms with Crippen LogP contribution in [-0.4, -0.2) is 20.4 Å². The summed E-state index contributed by atoms with van der Waals surface area (Å²) in [5, 5.41) is 5.69. The van der Waals surface area contributed by atoms with Crippen molar-refractivity contribution in [2.45, 2.75) is 31.3 Å². The van der Waals surface area contributed by atoms with Gasteiger partial charge >= 0.3 is 0 Å². The van der Waals surface area contributed by atoms with Crippen LogP contribution < -0.4 is 10.0 Å². The molecule has 1 aromatic heterocycles. The molecule has 0 amide bonds. The summed E-state index contributed by atoms with van der Waals surface area (Å²) in [6.07, 6.45) is 0. The molecule has 2 aromatic rings. The van der Waals surface area contributed by atoms with E-state index in [-0.39, 0.29) is 10.9 Å². The largest absolute Gasteiger partial charge is 0.316 e. The topological polar surface area (TPSA) is 71.1 Å². The monoisotopic (exact) mass is 325 g/mol. The molecule has 5 nitrogen and oxygen atoms in total. The number of hydrogen-bond acceptors (Lipinski definition) is 5. The van der Waals surface area contributed by atoms with E-state index in [1.165, 1.54) is 11.3 Å². The van der Waals surface area contributed by atoms with Crippen molar-refractivity contribution in [3.63, 3.8) is 0 Å². The van der Waals surface area contributed by atoms with Crippen LogP contribution in [-0.2, 0) is 16.6 Å². The standard InChI is InChI=1S/C14H19N3O2S2/c1-10-9-20-14(16-10)11(2)17-21(18,19)13-6-4-5-12(7-13)8-15-3/h4-7,9,11,15,17H,8H2,1-3H3. The minimum atomic E-state index is -3.55. The lowest BCUT2D eigenvalue weighted by molar-refractivity contribution is 0.566. The zero-order valence-electron chi connectivity index (χ0n) is 12.3. The zero-order valence-corrected chi connectivity index (χ0v) is 13.9. The normalized spacial score (nSPS) is 13.3. The van der Waals surface area contributed by atoms with E-state index in [0.29, 0.717) is 6.54 Å². The van der Waals surface area contributed by atoms with E-state index in [1.807, 2.05) is 25.4 Å². The first-order valence-electron chi connectivity index (χ1n) is 6.60. The molecule has 21 heavy (non-hydrogen) atoms. The van der Waals surface area contributed by atoms with Gasteiger partial charge in [0.25, 0.3) is 0 Å². The number of nitrogens with zero attached hydrogens (tertiary/aromatic N) is 1. The van der Waals surface area contributed by atoms with Gasteiger partial charge in [-0.05, 0) is 38.6 Å². The average molecular weight is 325 g/mol. The highest BCUT2D eigenvalue weighted by molar-refractivity contribution is 7.89. The Bertz CT molecular complexity index is 711. The summed E-state index contributed by atoms with van der Waals surface area (Å²) < 4.78 is 27.5. The molecule has 0 spiro atoms. The highest BCUT2D eigenvalue weighted by Gasteiger charge is 2.20. The summed E-state index contributed by atoms with van der Waals surface area (Å²) in [5.74, 6) is 0. The lowest BCUT2D eigenvalue weighted by Gasteiger charge is -2.12. The molecule has 0 aliphatic carbocycles. The Morgan fingerprint density at radius 3 is 2.76 bits per heavy atom. The van der Waals surface area contributed by atoms with Gasteiger partial charge in [0.1, 0.15) is 5.01 Å². The number of sulfonamides is 1. The van der Waals surface area contributed by atoms with Crippen molar-refractivity contribution >= 4 is 21.4 Å². The van der Waals surface area contributed by atoms with E-state index in [9.17, 15) is 8.42 Å². The fourth-order valence-corrected chi connectivity index (χ4v) is 4.10. The van der Waals surface area contributed by atoms with Gasteiger partial charge in [-0.3, -0.25) is 0 Å². The summed E-state index contributed by atoms with van der Waals surface area (Å²) in [5.41, 5.74) is 1.83. The number of aryl methyl sites for hydroxylation is 1. The molecule has 0 radical (unpaired) electrons. The Morgan fingerprint density at radius 1 is 1.38 bits per heavy atom. The van der Waals surface area contributed by atoms with Gasteiger partial charge in [0, 0.05) is 17.6 Å². The number of aromatic nitrogens is 1. The van der Waals surface area contributed by atoms with E-state index < -0.39 is 10.0 Å². The lowest BCUT2D eigenvalue weighted by atomic mass is 10.2. The van der Waals surface area contributed by atoms with Crippen molar-refractivity contribution in [1.82, 2.24) is 15.0 Å². The highest BCUT2D eigenvalue weighted by Crippen LogP contribution is 2.20. The predicted octanol–water partition coefficient (Wildman–Crippen LogP) is 2.21. The van der Waals surface area contributed by atoms with Crippen molar-refractivity contribution in [2.24, 2.45) is 0 Å². The van der Waals surface area contributed by atoms with Gasteiger partial charge in [0.15, 0.2) is 0 Å². The SMILES string of the molecule is CNCc1cccc(S(=O)(=O)NC(C)c2nc(C)cs2)c1. The fourth-order valence-electron chi connectivity index (χ4n) is 1.95. The van der Waals surface area contributed by atoms with Crippen LogP contribution in [0.4, 0.5) is 0 Å². The van der Waals surface area contributed by atoms with E-state index >= 15 is 0 Å². The molecule has 2 N–H and O–H groups in total. The van der Waals surface area contributed by atoms with Crippen LogP contribution in [0.5, 0.6) is 0 Å².